The van der Waals surface area contributed by atoms with Gasteiger partial charge in [0.25, 0.3) is 0 Å². The number of rotatable bonds is 4. The van der Waals surface area contributed by atoms with Gasteiger partial charge in [-0.15, -0.1) is 0 Å². The highest BCUT2D eigenvalue weighted by atomic mass is 79.9. The second-order valence-electron chi connectivity index (χ2n) is 3.58. The lowest BCUT2D eigenvalue weighted by Gasteiger charge is -2.14. The molecule has 0 fully saturated rings. The molecule has 96 valence electrons. The summed E-state index contributed by atoms with van der Waals surface area (Å²) in [6.45, 7) is 0.993. The van der Waals surface area contributed by atoms with Crippen LogP contribution in [0.25, 0.3) is 0 Å². The molecule has 0 aromatic heterocycles. The summed E-state index contributed by atoms with van der Waals surface area (Å²) in [5, 5.41) is 9.10. The largest absolute Gasteiger partial charge is 0.493 e. The highest BCUT2D eigenvalue weighted by Gasteiger charge is 2.27. The zero-order valence-electron chi connectivity index (χ0n) is 9.14. The van der Waals surface area contributed by atoms with Crippen molar-refractivity contribution in [1.29, 1.82) is 0 Å². The van der Waals surface area contributed by atoms with E-state index in [4.69, 9.17) is 9.84 Å². The smallest absolute Gasteiger partial charge is 0.392 e. The van der Waals surface area contributed by atoms with E-state index < -0.39 is 19.2 Å². The molecule has 1 rings (SSSR count). The third kappa shape index (κ3) is 4.55. The Morgan fingerprint density at radius 1 is 1.35 bits per heavy atom. The van der Waals surface area contributed by atoms with Gasteiger partial charge in [-0.05, 0) is 24.6 Å². The number of aliphatic hydroxyl groups is 1. The van der Waals surface area contributed by atoms with Crippen molar-refractivity contribution in [2.45, 2.75) is 26.1 Å². The summed E-state index contributed by atoms with van der Waals surface area (Å²) in [6, 6.07) is 3.35. The lowest BCUT2D eigenvalue weighted by Crippen LogP contribution is -2.14. The molecule has 0 amide bonds. The maximum atomic E-state index is 12.0. The third-order valence-electron chi connectivity index (χ3n) is 2.12. The lowest BCUT2D eigenvalue weighted by atomic mass is 10.1. The van der Waals surface area contributed by atoms with Crippen molar-refractivity contribution in [3.05, 3.63) is 27.7 Å². The van der Waals surface area contributed by atoms with E-state index in [0.29, 0.717) is 16.9 Å². The first-order valence-corrected chi connectivity index (χ1v) is 5.72. The molecule has 0 unspecified atom stereocenters. The molecule has 17 heavy (non-hydrogen) atoms. The lowest BCUT2D eigenvalue weighted by molar-refractivity contribution is -0.139. The van der Waals surface area contributed by atoms with Crippen LogP contribution in [0, 0.1) is 6.92 Å². The monoisotopic (exact) mass is 312 g/mol. The molecule has 1 aromatic rings. The van der Waals surface area contributed by atoms with Crippen molar-refractivity contribution in [3.8, 4) is 5.75 Å². The predicted molar refractivity (Wildman–Crippen MR) is 61.0 cm³/mol. The number of aryl methyl sites for hydroxylation is 1. The van der Waals surface area contributed by atoms with Crippen molar-refractivity contribution in [2.24, 2.45) is 0 Å². The van der Waals surface area contributed by atoms with Crippen LogP contribution in [0.3, 0.4) is 0 Å². The summed E-state index contributed by atoms with van der Waals surface area (Å²) in [5.74, 6) is 0.319. The molecule has 0 saturated heterocycles. The van der Waals surface area contributed by atoms with E-state index in [1.54, 1.807) is 19.1 Å². The van der Waals surface area contributed by atoms with Crippen LogP contribution in [0.1, 0.15) is 17.5 Å². The molecule has 1 N–H and O–H groups in total. The maximum absolute atomic E-state index is 12.0. The van der Waals surface area contributed by atoms with Crippen molar-refractivity contribution >= 4 is 15.9 Å². The Labute approximate surface area is 106 Å². The Bertz CT molecular complexity index is 391. The number of benzene rings is 1. The van der Waals surface area contributed by atoms with Gasteiger partial charge < -0.3 is 9.84 Å². The van der Waals surface area contributed by atoms with E-state index in [9.17, 15) is 13.2 Å². The van der Waals surface area contributed by atoms with Crippen LogP contribution in [-0.4, -0.2) is 17.9 Å². The van der Waals surface area contributed by atoms with E-state index >= 15 is 0 Å². The quantitative estimate of drug-likeness (QED) is 0.920. The molecule has 0 saturated carbocycles. The SMILES string of the molecule is Cc1cc(Br)cc(CO)c1OCCC(F)(F)F. The minimum absolute atomic E-state index is 0.276. The Morgan fingerprint density at radius 2 is 2.00 bits per heavy atom. The van der Waals surface area contributed by atoms with Gasteiger partial charge in [0.1, 0.15) is 5.75 Å². The summed E-state index contributed by atoms with van der Waals surface area (Å²) in [5.41, 5.74) is 1.16. The van der Waals surface area contributed by atoms with Gasteiger partial charge in [-0.1, -0.05) is 15.9 Å². The predicted octanol–water partition coefficient (Wildman–Crippen LogP) is 3.58. The summed E-state index contributed by atoms with van der Waals surface area (Å²) in [4.78, 5) is 0. The molecule has 2 nitrogen and oxygen atoms in total. The molecule has 0 aliphatic carbocycles. The van der Waals surface area contributed by atoms with Gasteiger partial charge in [-0.25, -0.2) is 0 Å². The van der Waals surface area contributed by atoms with E-state index in [2.05, 4.69) is 15.9 Å². The van der Waals surface area contributed by atoms with E-state index in [-0.39, 0.29) is 6.61 Å². The van der Waals surface area contributed by atoms with Gasteiger partial charge in [0.05, 0.1) is 19.6 Å². The van der Waals surface area contributed by atoms with Crippen LogP contribution in [0.15, 0.2) is 16.6 Å². The average molecular weight is 313 g/mol. The van der Waals surface area contributed by atoms with Crippen molar-refractivity contribution in [1.82, 2.24) is 0 Å². The highest BCUT2D eigenvalue weighted by molar-refractivity contribution is 9.10. The summed E-state index contributed by atoms with van der Waals surface area (Å²) < 4.78 is 41.7. The molecule has 0 atom stereocenters. The fourth-order valence-electron chi connectivity index (χ4n) is 1.39. The Morgan fingerprint density at radius 3 is 2.53 bits per heavy atom. The van der Waals surface area contributed by atoms with E-state index in [1.807, 2.05) is 0 Å². The maximum Gasteiger partial charge on any atom is 0.392 e. The van der Waals surface area contributed by atoms with Crippen molar-refractivity contribution < 1.29 is 23.0 Å². The van der Waals surface area contributed by atoms with Crippen LogP contribution in [-0.2, 0) is 6.61 Å². The Kier molecular flexibility index (Phi) is 4.82. The Balaban J connectivity index is 2.76. The van der Waals surface area contributed by atoms with Gasteiger partial charge in [-0.3, -0.25) is 0 Å². The van der Waals surface area contributed by atoms with Crippen LogP contribution in [0.5, 0.6) is 5.75 Å². The number of halogens is 4. The van der Waals surface area contributed by atoms with Crippen LogP contribution in [0.2, 0.25) is 0 Å². The number of hydrogen-bond donors (Lipinski definition) is 1. The number of alkyl halides is 3. The summed E-state index contributed by atoms with van der Waals surface area (Å²) >= 11 is 3.24. The summed E-state index contributed by atoms with van der Waals surface area (Å²) in [7, 11) is 0. The number of aliphatic hydroxyl groups excluding tert-OH is 1. The average Bonchev–Trinajstić information content (AvgIpc) is 2.18. The first-order chi connectivity index (χ1) is 7.83. The standard InChI is InChI=1S/C11H12BrF3O2/c1-7-4-9(12)5-8(6-16)10(7)17-3-2-11(13,14)15/h4-5,16H,2-3,6H2,1H3. The van der Waals surface area contributed by atoms with Gasteiger partial charge in [-0.2, -0.15) is 13.2 Å². The molecule has 0 aliphatic rings. The van der Waals surface area contributed by atoms with Crippen LogP contribution < -0.4 is 4.74 Å². The minimum atomic E-state index is -4.23. The first-order valence-electron chi connectivity index (χ1n) is 4.93. The molecule has 0 radical (unpaired) electrons. The van der Waals surface area contributed by atoms with Crippen LogP contribution in [0.4, 0.5) is 13.2 Å². The molecule has 0 bridgehead atoms. The molecule has 6 heteroatoms. The third-order valence-corrected chi connectivity index (χ3v) is 2.58. The molecule has 0 spiro atoms. The summed E-state index contributed by atoms with van der Waals surface area (Å²) in [6.07, 6.45) is -5.24. The van der Waals surface area contributed by atoms with Crippen LogP contribution >= 0.6 is 15.9 Å². The fraction of sp³-hybridized carbons (Fsp3) is 0.455. The van der Waals surface area contributed by atoms with Gasteiger partial charge >= 0.3 is 6.18 Å². The second kappa shape index (κ2) is 5.73. The first kappa shape index (κ1) is 14.3. The molecule has 1 aromatic carbocycles. The molecular formula is C11H12BrF3O2. The fourth-order valence-corrected chi connectivity index (χ4v) is 2.01. The Hall–Kier alpha value is -0.750. The second-order valence-corrected chi connectivity index (χ2v) is 4.50. The molecule has 0 heterocycles. The normalized spacial score (nSPS) is 11.6. The molecule has 0 aliphatic heterocycles. The number of hydrogen-bond acceptors (Lipinski definition) is 2. The zero-order chi connectivity index (χ0) is 13.1. The van der Waals surface area contributed by atoms with Gasteiger partial charge in [0.2, 0.25) is 0 Å². The van der Waals surface area contributed by atoms with Gasteiger partial charge in [0.15, 0.2) is 0 Å². The highest BCUT2D eigenvalue weighted by Crippen LogP contribution is 2.29. The zero-order valence-corrected chi connectivity index (χ0v) is 10.7. The van der Waals surface area contributed by atoms with Gasteiger partial charge in [0, 0.05) is 10.0 Å². The topological polar surface area (TPSA) is 29.5 Å². The van der Waals surface area contributed by atoms with E-state index in [1.165, 1.54) is 0 Å². The van der Waals surface area contributed by atoms with Crippen molar-refractivity contribution in [3.63, 3.8) is 0 Å². The molecular weight excluding hydrogens is 301 g/mol. The van der Waals surface area contributed by atoms with E-state index in [0.717, 1.165) is 4.47 Å². The number of ether oxygens (including phenoxy) is 1. The minimum Gasteiger partial charge on any atom is -0.493 e. The van der Waals surface area contributed by atoms with Crippen molar-refractivity contribution in [2.75, 3.05) is 6.61 Å².